The van der Waals surface area contributed by atoms with E-state index in [1.165, 1.54) is 0 Å². The Morgan fingerprint density at radius 2 is 1.85 bits per heavy atom. The first-order valence-electron chi connectivity index (χ1n) is 6.71. The summed E-state index contributed by atoms with van der Waals surface area (Å²) in [6.45, 7) is 6.43. The van der Waals surface area contributed by atoms with E-state index in [2.05, 4.69) is 0 Å². The van der Waals surface area contributed by atoms with Crippen molar-refractivity contribution in [3.63, 3.8) is 0 Å². The first kappa shape index (κ1) is 14.1. The van der Waals surface area contributed by atoms with Crippen LogP contribution in [-0.2, 0) is 0 Å². The molecule has 0 unspecified atom stereocenters. The van der Waals surface area contributed by atoms with Crippen molar-refractivity contribution in [2.75, 3.05) is 11.4 Å². The molecule has 104 valence electrons. The van der Waals surface area contributed by atoms with Crippen LogP contribution in [0.3, 0.4) is 0 Å². The number of rotatable bonds is 3. The number of hydrogen-bond donors (Lipinski definition) is 1. The summed E-state index contributed by atoms with van der Waals surface area (Å²) in [4.78, 5) is 14.4. The van der Waals surface area contributed by atoms with Crippen molar-refractivity contribution in [2.24, 2.45) is 0 Å². The second-order valence-electron chi connectivity index (χ2n) is 4.82. The summed E-state index contributed by atoms with van der Waals surface area (Å²) in [5.74, 6) is 0.119. The normalized spacial score (nSPS) is 10.3. The lowest BCUT2D eigenvalue weighted by atomic mass is 10.0. The molecule has 0 heterocycles. The number of aryl methyl sites for hydroxylation is 1. The molecular formula is C17H19NO2. The number of amides is 1. The molecular weight excluding hydrogens is 250 g/mol. The smallest absolute Gasteiger partial charge is 0.258 e. The summed E-state index contributed by atoms with van der Waals surface area (Å²) < 4.78 is 0. The molecule has 3 heteroatoms. The molecule has 2 aromatic rings. The molecule has 2 rings (SSSR count). The summed E-state index contributed by atoms with van der Waals surface area (Å²) in [6, 6.07) is 12.5. The molecule has 0 fully saturated rings. The minimum Gasteiger partial charge on any atom is -0.508 e. The first-order valence-corrected chi connectivity index (χ1v) is 6.71. The highest BCUT2D eigenvalue weighted by Crippen LogP contribution is 2.23. The van der Waals surface area contributed by atoms with Gasteiger partial charge in [-0.05, 0) is 50.1 Å². The van der Waals surface area contributed by atoms with Crippen molar-refractivity contribution in [3.8, 4) is 5.75 Å². The van der Waals surface area contributed by atoms with E-state index in [4.69, 9.17) is 0 Å². The van der Waals surface area contributed by atoms with E-state index in [9.17, 15) is 9.90 Å². The van der Waals surface area contributed by atoms with E-state index in [1.807, 2.05) is 45.0 Å². The minimum absolute atomic E-state index is 0.0423. The third-order valence-electron chi connectivity index (χ3n) is 3.54. The Kier molecular flexibility index (Phi) is 4.08. The quantitative estimate of drug-likeness (QED) is 0.923. The maximum Gasteiger partial charge on any atom is 0.258 e. The van der Waals surface area contributed by atoms with Gasteiger partial charge in [0.2, 0.25) is 0 Å². The number of hydrogen-bond acceptors (Lipinski definition) is 2. The fraction of sp³-hybridized carbons (Fsp3) is 0.235. The molecule has 0 bridgehead atoms. The highest BCUT2D eigenvalue weighted by Gasteiger charge is 2.18. The third kappa shape index (κ3) is 2.67. The van der Waals surface area contributed by atoms with Crippen LogP contribution < -0.4 is 4.90 Å². The maximum absolute atomic E-state index is 12.7. The van der Waals surface area contributed by atoms with Crippen molar-refractivity contribution < 1.29 is 9.90 Å². The van der Waals surface area contributed by atoms with Crippen molar-refractivity contribution >= 4 is 11.6 Å². The van der Waals surface area contributed by atoms with Gasteiger partial charge in [-0.3, -0.25) is 4.79 Å². The zero-order valence-corrected chi connectivity index (χ0v) is 12.1. The molecule has 3 nitrogen and oxygen atoms in total. The van der Waals surface area contributed by atoms with Gasteiger partial charge >= 0.3 is 0 Å². The van der Waals surface area contributed by atoms with Gasteiger partial charge in [0.1, 0.15) is 5.75 Å². The van der Waals surface area contributed by atoms with Gasteiger partial charge in [0.15, 0.2) is 0 Å². The van der Waals surface area contributed by atoms with Crippen molar-refractivity contribution in [1.82, 2.24) is 0 Å². The molecule has 2 aromatic carbocycles. The van der Waals surface area contributed by atoms with Crippen LogP contribution in [0.15, 0.2) is 42.5 Å². The molecule has 0 aliphatic rings. The van der Waals surface area contributed by atoms with Crippen molar-refractivity contribution in [2.45, 2.75) is 20.8 Å². The second-order valence-corrected chi connectivity index (χ2v) is 4.82. The summed E-state index contributed by atoms with van der Waals surface area (Å²) >= 11 is 0. The van der Waals surface area contributed by atoms with Crippen molar-refractivity contribution in [3.05, 3.63) is 59.2 Å². The molecule has 0 aromatic heterocycles. The Morgan fingerprint density at radius 3 is 2.50 bits per heavy atom. The molecule has 0 saturated carbocycles. The lowest BCUT2D eigenvalue weighted by molar-refractivity contribution is 0.0987. The number of carbonyl (C=O) groups excluding carboxylic acids is 1. The predicted octanol–water partition coefficient (Wildman–Crippen LogP) is 3.68. The average Bonchev–Trinajstić information content (AvgIpc) is 2.42. The van der Waals surface area contributed by atoms with E-state index < -0.39 is 0 Å². The van der Waals surface area contributed by atoms with Crippen LogP contribution in [0.4, 0.5) is 5.69 Å². The molecule has 20 heavy (non-hydrogen) atoms. The van der Waals surface area contributed by atoms with Crippen LogP contribution in [0.5, 0.6) is 5.75 Å². The van der Waals surface area contributed by atoms with E-state index in [1.54, 1.807) is 23.1 Å². The average molecular weight is 269 g/mol. The summed E-state index contributed by atoms with van der Waals surface area (Å²) in [5.41, 5.74) is 3.51. The van der Waals surface area contributed by atoms with Gasteiger partial charge in [-0.25, -0.2) is 0 Å². The molecule has 1 N–H and O–H groups in total. The fourth-order valence-corrected chi connectivity index (χ4v) is 2.23. The lowest BCUT2D eigenvalue weighted by Gasteiger charge is -2.22. The molecule has 0 aliphatic heterocycles. The molecule has 0 aliphatic carbocycles. The van der Waals surface area contributed by atoms with E-state index in [0.717, 1.165) is 11.1 Å². The Hall–Kier alpha value is -2.29. The molecule has 0 atom stereocenters. The number of carbonyl (C=O) groups is 1. The Morgan fingerprint density at radius 1 is 1.15 bits per heavy atom. The number of benzene rings is 2. The van der Waals surface area contributed by atoms with Crippen LogP contribution >= 0.6 is 0 Å². The lowest BCUT2D eigenvalue weighted by Crippen LogP contribution is -2.31. The van der Waals surface area contributed by atoms with Gasteiger partial charge in [0.25, 0.3) is 5.91 Å². The standard InChI is InChI=1S/C17H19NO2/c1-4-18(14-8-6-9-15(19)11-14)17(20)16-10-5-7-12(2)13(16)3/h5-11,19H,4H2,1-3H3. The first-order chi connectivity index (χ1) is 9.54. The Bertz CT molecular complexity index is 635. The zero-order valence-electron chi connectivity index (χ0n) is 12.1. The molecule has 1 amide bonds. The number of aromatic hydroxyl groups is 1. The second kappa shape index (κ2) is 5.78. The molecule has 0 spiro atoms. The van der Waals surface area contributed by atoms with Gasteiger partial charge in [-0.1, -0.05) is 18.2 Å². The number of phenolic OH excluding ortho intramolecular Hbond substituents is 1. The fourth-order valence-electron chi connectivity index (χ4n) is 2.23. The van der Waals surface area contributed by atoms with E-state index in [-0.39, 0.29) is 11.7 Å². The summed E-state index contributed by atoms with van der Waals surface area (Å²) in [5, 5.41) is 9.57. The van der Waals surface area contributed by atoms with Crippen LogP contribution in [-0.4, -0.2) is 17.6 Å². The minimum atomic E-state index is -0.0423. The summed E-state index contributed by atoms with van der Waals surface area (Å²) in [6.07, 6.45) is 0. The molecule has 0 radical (unpaired) electrons. The Labute approximate surface area is 119 Å². The number of anilines is 1. The molecule has 0 saturated heterocycles. The SMILES string of the molecule is CCN(C(=O)c1cccc(C)c1C)c1cccc(O)c1. The Balaban J connectivity index is 2.42. The summed E-state index contributed by atoms with van der Waals surface area (Å²) in [7, 11) is 0. The van der Waals surface area contributed by atoms with E-state index in [0.29, 0.717) is 17.8 Å². The van der Waals surface area contributed by atoms with Gasteiger partial charge < -0.3 is 10.0 Å². The number of nitrogens with zero attached hydrogens (tertiary/aromatic N) is 1. The van der Waals surface area contributed by atoms with Crippen LogP contribution in [0, 0.1) is 13.8 Å². The highest BCUT2D eigenvalue weighted by atomic mass is 16.3. The third-order valence-corrected chi connectivity index (χ3v) is 3.54. The van der Waals surface area contributed by atoms with Gasteiger partial charge in [0, 0.05) is 23.9 Å². The topological polar surface area (TPSA) is 40.5 Å². The van der Waals surface area contributed by atoms with Crippen LogP contribution in [0.1, 0.15) is 28.4 Å². The van der Waals surface area contributed by atoms with Crippen molar-refractivity contribution in [1.29, 1.82) is 0 Å². The maximum atomic E-state index is 12.7. The van der Waals surface area contributed by atoms with Gasteiger partial charge in [-0.15, -0.1) is 0 Å². The van der Waals surface area contributed by atoms with Crippen LogP contribution in [0.2, 0.25) is 0 Å². The van der Waals surface area contributed by atoms with E-state index >= 15 is 0 Å². The van der Waals surface area contributed by atoms with Crippen LogP contribution in [0.25, 0.3) is 0 Å². The number of phenols is 1. The largest absolute Gasteiger partial charge is 0.508 e. The zero-order chi connectivity index (χ0) is 14.7. The van der Waals surface area contributed by atoms with Gasteiger partial charge in [0.05, 0.1) is 0 Å². The highest BCUT2D eigenvalue weighted by molar-refractivity contribution is 6.07. The van der Waals surface area contributed by atoms with Gasteiger partial charge in [-0.2, -0.15) is 0 Å². The predicted molar refractivity (Wildman–Crippen MR) is 81.4 cm³/mol. The monoisotopic (exact) mass is 269 g/mol.